The third kappa shape index (κ3) is 4.62. The van der Waals surface area contributed by atoms with E-state index in [1.54, 1.807) is 9.62 Å². The Hall–Kier alpha value is -2.11. The molecule has 1 atom stereocenters. The number of halogens is 5. The number of hydrogen-bond acceptors (Lipinski definition) is 5. The Morgan fingerprint density at radius 2 is 1.93 bits per heavy atom. The number of pyridine rings is 1. The van der Waals surface area contributed by atoms with Gasteiger partial charge >= 0.3 is 0 Å². The monoisotopic (exact) mass is 466 g/mol. The van der Waals surface area contributed by atoms with E-state index >= 15 is 0 Å². The van der Waals surface area contributed by atoms with E-state index in [1.807, 2.05) is 19.0 Å². The zero-order chi connectivity index (χ0) is 22.2. The lowest BCUT2D eigenvalue weighted by molar-refractivity contribution is 0.340. The molecule has 2 aromatic rings. The highest BCUT2D eigenvalue weighted by molar-refractivity contribution is 7.92. The van der Waals surface area contributed by atoms with Crippen molar-refractivity contribution in [1.29, 1.82) is 0 Å². The predicted molar refractivity (Wildman–Crippen MR) is 105 cm³/mol. The topological polar surface area (TPSA) is 65.5 Å². The van der Waals surface area contributed by atoms with E-state index < -0.39 is 49.2 Å². The molecule has 1 unspecified atom stereocenters. The summed E-state index contributed by atoms with van der Waals surface area (Å²) in [4.78, 5) is 5.43. The molecule has 1 N–H and O–H groups in total. The summed E-state index contributed by atoms with van der Waals surface area (Å²) in [6.07, 6.45) is 0.793. The first-order valence-corrected chi connectivity index (χ1v) is 10.8. The van der Waals surface area contributed by atoms with Crippen molar-refractivity contribution in [2.45, 2.75) is 11.3 Å². The molecule has 1 aromatic carbocycles. The Morgan fingerprint density at radius 3 is 2.57 bits per heavy atom. The molecule has 1 aliphatic heterocycles. The summed E-state index contributed by atoms with van der Waals surface area (Å²) in [7, 11) is -1.01. The zero-order valence-corrected chi connectivity index (χ0v) is 17.7. The van der Waals surface area contributed by atoms with Gasteiger partial charge in [-0.15, -0.1) is 0 Å². The molecule has 0 aliphatic carbocycles. The van der Waals surface area contributed by atoms with Gasteiger partial charge in [-0.3, -0.25) is 4.72 Å². The first kappa shape index (κ1) is 22.6. The molecule has 0 amide bonds. The van der Waals surface area contributed by atoms with E-state index in [0.717, 1.165) is 25.1 Å². The van der Waals surface area contributed by atoms with Crippen molar-refractivity contribution in [3.8, 4) is 0 Å². The van der Waals surface area contributed by atoms with Crippen LogP contribution in [0.4, 0.5) is 29.1 Å². The van der Waals surface area contributed by atoms with Gasteiger partial charge in [0.15, 0.2) is 16.5 Å². The van der Waals surface area contributed by atoms with Crippen molar-refractivity contribution in [3.63, 3.8) is 0 Å². The molecule has 164 valence electrons. The second-order valence-corrected chi connectivity index (χ2v) is 9.27. The normalized spacial score (nSPS) is 17.1. The highest BCUT2D eigenvalue weighted by Gasteiger charge is 2.32. The van der Waals surface area contributed by atoms with Crippen LogP contribution < -0.4 is 9.62 Å². The maximum Gasteiger partial charge on any atom is 0.268 e. The second-order valence-electron chi connectivity index (χ2n) is 7.27. The molecule has 1 fully saturated rings. The van der Waals surface area contributed by atoms with Crippen LogP contribution in [0.2, 0.25) is 5.02 Å². The summed E-state index contributed by atoms with van der Waals surface area (Å²) in [5.74, 6) is -6.08. The minimum atomic E-state index is -4.85. The average Bonchev–Trinajstić information content (AvgIpc) is 3.08. The number of hydrogen-bond donors (Lipinski definition) is 1. The highest BCUT2D eigenvalue weighted by atomic mass is 35.5. The van der Waals surface area contributed by atoms with Crippen molar-refractivity contribution in [2.75, 3.05) is 43.4 Å². The van der Waals surface area contributed by atoms with Crippen LogP contribution in [0.5, 0.6) is 0 Å². The summed E-state index contributed by atoms with van der Waals surface area (Å²) in [5, 5.41) is -0.541. The molecule has 0 radical (unpaired) electrons. The molecule has 0 bridgehead atoms. The van der Waals surface area contributed by atoms with Crippen molar-refractivity contribution in [1.82, 2.24) is 9.88 Å². The van der Waals surface area contributed by atoms with Gasteiger partial charge < -0.3 is 9.80 Å². The van der Waals surface area contributed by atoms with Crippen molar-refractivity contribution in [2.24, 2.45) is 5.92 Å². The molecule has 3 rings (SSSR count). The maximum absolute atomic E-state index is 14.8. The number of rotatable bonds is 6. The van der Waals surface area contributed by atoms with Crippen LogP contribution in [0.25, 0.3) is 0 Å². The maximum atomic E-state index is 14.8. The second kappa shape index (κ2) is 8.56. The van der Waals surface area contributed by atoms with E-state index in [9.17, 15) is 26.0 Å². The average molecular weight is 467 g/mol. The molecule has 1 aromatic heterocycles. The van der Waals surface area contributed by atoms with Gasteiger partial charge in [-0.1, -0.05) is 11.6 Å². The standard InChI is InChI=1S/C18H19ClF4N4O2S/c1-26(2)8-10-5-6-27(9-10)13-7-12(21)17(16(22)15(13)19)30(28,29)25-14-4-3-11(20)18(23)24-14/h3-4,7,10H,5-6,8-9H2,1-2H3,(H,24,25). The van der Waals surface area contributed by atoms with Crippen LogP contribution in [0, 0.1) is 29.3 Å². The summed E-state index contributed by atoms with van der Waals surface area (Å²) in [6.45, 7) is 1.82. The first-order valence-electron chi connectivity index (χ1n) is 8.91. The van der Waals surface area contributed by atoms with Crippen LogP contribution in [0.1, 0.15) is 6.42 Å². The van der Waals surface area contributed by atoms with E-state index in [0.29, 0.717) is 19.2 Å². The summed E-state index contributed by atoms with van der Waals surface area (Å²) in [5.41, 5.74) is 0.0535. The van der Waals surface area contributed by atoms with E-state index in [2.05, 4.69) is 4.98 Å². The fraction of sp³-hybridized carbons (Fsp3) is 0.389. The zero-order valence-electron chi connectivity index (χ0n) is 16.1. The molecule has 0 spiro atoms. The van der Waals surface area contributed by atoms with Crippen molar-refractivity contribution in [3.05, 3.63) is 46.6 Å². The lowest BCUT2D eigenvalue weighted by Crippen LogP contribution is -2.26. The Labute approximate surface area is 176 Å². The highest BCUT2D eigenvalue weighted by Crippen LogP contribution is 2.37. The molecular weight excluding hydrogens is 448 g/mol. The first-order chi connectivity index (χ1) is 14.0. The third-order valence-corrected chi connectivity index (χ3v) is 6.41. The lowest BCUT2D eigenvalue weighted by atomic mass is 10.1. The van der Waals surface area contributed by atoms with Crippen molar-refractivity contribution < 1.29 is 26.0 Å². The summed E-state index contributed by atoms with van der Waals surface area (Å²) >= 11 is 6.05. The van der Waals surface area contributed by atoms with E-state index in [1.165, 1.54) is 0 Å². The van der Waals surface area contributed by atoms with Crippen LogP contribution in [-0.2, 0) is 10.0 Å². The number of anilines is 2. The molecule has 1 aliphatic rings. The SMILES string of the molecule is CN(C)CC1CCN(c2cc(F)c(S(=O)(=O)Nc3ccc(F)c(F)n3)c(F)c2Cl)C1. The minimum absolute atomic E-state index is 0.0535. The molecular formula is C18H19ClF4N4O2S. The van der Waals surface area contributed by atoms with Gasteiger partial charge in [0, 0.05) is 25.7 Å². The summed E-state index contributed by atoms with van der Waals surface area (Å²) < 4.78 is 82.4. The number of nitrogens with zero attached hydrogens (tertiary/aromatic N) is 3. The van der Waals surface area contributed by atoms with Crippen molar-refractivity contribution >= 4 is 33.1 Å². The molecule has 1 saturated heterocycles. The number of nitrogens with one attached hydrogen (secondary N) is 1. The molecule has 0 saturated carbocycles. The van der Waals surface area contributed by atoms with Crippen LogP contribution in [0.15, 0.2) is 23.1 Å². The van der Waals surface area contributed by atoms with Crippen LogP contribution >= 0.6 is 11.6 Å². The fourth-order valence-corrected chi connectivity index (χ4v) is 4.89. The largest absolute Gasteiger partial charge is 0.370 e. The van der Waals surface area contributed by atoms with E-state index in [4.69, 9.17) is 11.6 Å². The van der Waals surface area contributed by atoms with Gasteiger partial charge in [0.25, 0.3) is 16.0 Å². The molecule has 30 heavy (non-hydrogen) atoms. The van der Waals surface area contributed by atoms with Gasteiger partial charge in [-0.25, -0.2) is 21.6 Å². The lowest BCUT2D eigenvalue weighted by Gasteiger charge is -2.22. The predicted octanol–water partition coefficient (Wildman–Crippen LogP) is 3.48. The number of benzene rings is 1. The van der Waals surface area contributed by atoms with Crippen LogP contribution in [0.3, 0.4) is 0 Å². The Morgan fingerprint density at radius 1 is 1.23 bits per heavy atom. The van der Waals surface area contributed by atoms with Gasteiger partial charge in [0.2, 0.25) is 0 Å². The Kier molecular flexibility index (Phi) is 6.44. The van der Waals surface area contributed by atoms with Gasteiger partial charge in [-0.2, -0.15) is 9.37 Å². The Balaban J connectivity index is 1.91. The minimum Gasteiger partial charge on any atom is -0.370 e. The quantitative estimate of drug-likeness (QED) is 0.401. The number of sulfonamides is 1. The van der Waals surface area contributed by atoms with E-state index in [-0.39, 0.29) is 11.6 Å². The summed E-state index contributed by atoms with van der Waals surface area (Å²) in [6, 6.07) is 2.30. The molecule has 6 nitrogen and oxygen atoms in total. The van der Waals surface area contributed by atoms with Gasteiger partial charge in [0.05, 0.1) is 5.69 Å². The van der Waals surface area contributed by atoms with Gasteiger partial charge in [-0.05, 0) is 38.6 Å². The number of aromatic nitrogens is 1. The molecule has 12 heteroatoms. The smallest absolute Gasteiger partial charge is 0.268 e. The fourth-order valence-electron chi connectivity index (χ4n) is 3.42. The Bertz CT molecular complexity index is 1070. The third-order valence-electron chi connectivity index (χ3n) is 4.66. The van der Waals surface area contributed by atoms with Crippen LogP contribution in [-0.4, -0.2) is 52.0 Å². The molecule has 2 heterocycles. The van der Waals surface area contributed by atoms with Gasteiger partial charge in [0.1, 0.15) is 16.7 Å².